The van der Waals surface area contributed by atoms with E-state index in [-0.39, 0.29) is 11.8 Å². The predicted molar refractivity (Wildman–Crippen MR) is 69.2 cm³/mol. The summed E-state index contributed by atoms with van der Waals surface area (Å²) in [4.78, 5) is 11.0. The molecule has 2 rings (SSSR count). The number of halogens is 2. The largest absolute Gasteiger partial charge is 0.493 e. The number of methoxy groups -OCH3 is 1. The summed E-state index contributed by atoms with van der Waals surface area (Å²) in [6.45, 7) is 2.13. The van der Waals surface area contributed by atoms with Gasteiger partial charge in [-0.15, -0.1) is 0 Å². The van der Waals surface area contributed by atoms with Gasteiger partial charge in [-0.05, 0) is 25.0 Å². The first-order valence-electron chi connectivity index (χ1n) is 5.94. The van der Waals surface area contributed by atoms with Crippen molar-refractivity contribution in [3.05, 3.63) is 28.0 Å². The molecule has 4 nitrogen and oxygen atoms in total. The van der Waals surface area contributed by atoms with Crippen LogP contribution < -0.4 is 10.1 Å². The molecule has 19 heavy (non-hydrogen) atoms. The Kier molecular flexibility index (Phi) is 3.96. The molecule has 0 radical (unpaired) electrons. The first-order valence-corrected chi connectivity index (χ1v) is 6.32. The Hall–Kier alpha value is -1.33. The molecular formula is C13H15ClFNO3. The molecule has 1 fully saturated rings. The molecule has 1 aromatic rings. The number of hydrogen-bond acceptors (Lipinski definition) is 3. The average molecular weight is 288 g/mol. The average Bonchev–Trinajstić information content (AvgIpc) is 2.82. The number of ether oxygens (including phenoxy) is 1. The van der Waals surface area contributed by atoms with E-state index in [1.54, 1.807) is 6.92 Å². The zero-order valence-corrected chi connectivity index (χ0v) is 11.4. The van der Waals surface area contributed by atoms with E-state index in [4.69, 9.17) is 21.4 Å². The Morgan fingerprint density at radius 3 is 2.84 bits per heavy atom. The van der Waals surface area contributed by atoms with Crippen LogP contribution in [0.5, 0.6) is 5.75 Å². The fourth-order valence-corrected chi connectivity index (χ4v) is 2.68. The predicted octanol–water partition coefficient (Wildman–Crippen LogP) is 2.53. The van der Waals surface area contributed by atoms with E-state index in [0.717, 1.165) is 0 Å². The quantitative estimate of drug-likeness (QED) is 0.897. The Morgan fingerprint density at radius 1 is 1.63 bits per heavy atom. The Bertz CT molecular complexity index is 521. The fourth-order valence-electron chi connectivity index (χ4n) is 2.48. The summed E-state index contributed by atoms with van der Waals surface area (Å²) < 4.78 is 18.9. The summed E-state index contributed by atoms with van der Waals surface area (Å²) >= 11 is 5.99. The highest BCUT2D eigenvalue weighted by Gasteiger charge is 2.33. The van der Waals surface area contributed by atoms with Gasteiger partial charge in [0.25, 0.3) is 0 Å². The number of carboxylic acids is 1. The van der Waals surface area contributed by atoms with Crippen molar-refractivity contribution in [1.82, 2.24) is 5.32 Å². The molecule has 0 aromatic heterocycles. The normalized spacial score (nSPS) is 22.5. The lowest BCUT2D eigenvalue weighted by atomic mass is 9.95. The van der Waals surface area contributed by atoms with Crippen molar-refractivity contribution in [2.75, 3.05) is 13.7 Å². The van der Waals surface area contributed by atoms with E-state index < -0.39 is 17.7 Å². The summed E-state index contributed by atoms with van der Waals surface area (Å²) in [5.41, 5.74) is 1.32. The summed E-state index contributed by atoms with van der Waals surface area (Å²) in [6.07, 6.45) is 0.395. The van der Waals surface area contributed by atoms with Crippen LogP contribution in [0.15, 0.2) is 6.07 Å². The van der Waals surface area contributed by atoms with Gasteiger partial charge in [-0.3, -0.25) is 4.79 Å². The van der Waals surface area contributed by atoms with Crippen LogP contribution in [0.4, 0.5) is 4.39 Å². The molecule has 2 atom stereocenters. The molecule has 2 unspecified atom stereocenters. The molecule has 0 amide bonds. The third kappa shape index (κ3) is 2.53. The second kappa shape index (κ2) is 5.35. The maximum absolute atomic E-state index is 13.8. The SMILES string of the molecule is COc1c(F)cc(Cl)c(C)c1C1CC(C(=O)O)CN1. The fraction of sp³-hybridized carbons (Fsp3) is 0.462. The molecule has 104 valence electrons. The van der Waals surface area contributed by atoms with Gasteiger partial charge in [0.2, 0.25) is 0 Å². The highest BCUT2D eigenvalue weighted by molar-refractivity contribution is 6.31. The zero-order chi connectivity index (χ0) is 14.2. The maximum Gasteiger partial charge on any atom is 0.307 e. The van der Waals surface area contributed by atoms with Crippen LogP contribution in [-0.4, -0.2) is 24.7 Å². The zero-order valence-electron chi connectivity index (χ0n) is 10.7. The van der Waals surface area contributed by atoms with Crippen LogP contribution in [0.1, 0.15) is 23.6 Å². The molecule has 1 aliphatic heterocycles. The van der Waals surface area contributed by atoms with Gasteiger partial charge < -0.3 is 15.2 Å². The Morgan fingerprint density at radius 2 is 2.32 bits per heavy atom. The molecule has 0 spiro atoms. The van der Waals surface area contributed by atoms with E-state index >= 15 is 0 Å². The van der Waals surface area contributed by atoms with Crippen LogP contribution in [-0.2, 0) is 4.79 Å². The van der Waals surface area contributed by atoms with Gasteiger partial charge in [0.05, 0.1) is 13.0 Å². The molecule has 0 bridgehead atoms. The topological polar surface area (TPSA) is 58.6 Å². The molecule has 1 aromatic carbocycles. The first-order chi connectivity index (χ1) is 8.95. The van der Waals surface area contributed by atoms with Gasteiger partial charge in [0.1, 0.15) is 0 Å². The van der Waals surface area contributed by atoms with Crippen molar-refractivity contribution < 1.29 is 19.0 Å². The van der Waals surface area contributed by atoms with Crippen LogP contribution in [0.2, 0.25) is 5.02 Å². The Labute approximate surface area is 115 Å². The van der Waals surface area contributed by atoms with Crippen molar-refractivity contribution in [3.8, 4) is 5.75 Å². The lowest BCUT2D eigenvalue weighted by Crippen LogP contribution is -2.18. The standard InChI is InChI=1S/C13H15ClFNO3/c1-6-8(14)4-9(15)12(19-2)11(6)10-3-7(5-16-10)13(17)18/h4,7,10,16H,3,5H2,1-2H3,(H,17,18). The number of carbonyl (C=O) groups is 1. The van der Waals surface area contributed by atoms with Crippen molar-refractivity contribution in [1.29, 1.82) is 0 Å². The van der Waals surface area contributed by atoms with E-state index in [9.17, 15) is 9.18 Å². The third-order valence-corrected chi connectivity index (χ3v) is 3.90. The molecule has 6 heteroatoms. The smallest absolute Gasteiger partial charge is 0.307 e. The lowest BCUT2D eigenvalue weighted by Gasteiger charge is -2.19. The lowest BCUT2D eigenvalue weighted by molar-refractivity contribution is -0.141. The summed E-state index contributed by atoms with van der Waals surface area (Å²) in [7, 11) is 1.39. The monoisotopic (exact) mass is 287 g/mol. The summed E-state index contributed by atoms with van der Waals surface area (Å²) in [5, 5.41) is 12.4. The summed E-state index contributed by atoms with van der Waals surface area (Å²) in [5.74, 6) is -1.73. The van der Waals surface area contributed by atoms with Gasteiger partial charge in [0, 0.05) is 23.2 Å². The van der Waals surface area contributed by atoms with Gasteiger partial charge in [-0.25, -0.2) is 4.39 Å². The molecule has 1 aliphatic rings. The molecule has 0 aliphatic carbocycles. The number of nitrogens with one attached hydrogen (secondary N) is 1. The molecular weight excluding hydrogens is 273 g/mol. The van der Waals surface area contributed by atoms with Gasteiger partial charge in [0.15, 0.2) is 11.6 Å². The van der Waals surface area contributed by atoms with Crippen molar-refractivity contribution >= 4 is 17.6 Å². The molecule has 1 saturated heterocycles. The van der Waals surface area contributed by atoms with E-state index in [1.807, 2.05) is 0 Å². The van der Waals surface area contributed by atoms with Gasteiger partial charge >= 0.3 is 5.97 Å². The number of benzene rings is 1. The van der Waals surface area contributed by atoms with Crippen LogP contribution in [0, 0.1) is 18.7 Å². The molecule has 0 saturated carbocycles. The van der Waals surface area contributed by atoms with Crippen LogP contribution >= 0.6 is 11.6 Å². The van der Waals surface area contributed by atoms with Gasteiger partial charge in [-0.2, -0.15) is 0 Å². The third-order valence-electron chi connectivity index (χ3n) is 3.51. The minimum absolute atomic E-state index is 0.130. The van der Waals surface area contributed by atoms with Crippen LogP contribution in [0.3, 0.4) is 0 Å². The second-order valence-corrected chi connectivity index (χ2v) is 5.05. The minimum Gasteiger partial charge on any atom is -0.493 e. The van der Waals surface area contributed by atoms with Crippen molar-refractivity contribution in [2.24, 2.45) is 5.92 Å². The first kappa shape index (κ1) is 14.1. The van der Waals surface area contributed by atoms with Crippen LogP contribution in [0.25, 0.3) is 0 Å². The highest BCUT2D eigenvalue weighted by Crippen LogP contribution is 2.39. The molecule has 1 heterocycles. The second-order valence-electron chi connectivity index (χ2n) is 4.64. The van der Waals surface area contributed by atoms with Crippen molar-refractivity contribution in [3.63, 3.8) is 0 Å². The number of carboxylic acid groups (broad SMARTS) is 1. The number of rotatable bonds is 3. The summed E-state index contributed by atoms with van der Waals surface area (Å²) in [6, 6.07) is 0.951. The number of aliphatic carboxylic acids is 1. The highest BCUT2D eigenvalue weighted by atomic mass is 35.5. The van der Waals surface area contributed by atoms with Crippen molar-refractivity contribution in [2.45, 2.75) is 19.4 Å². The minimum atomic E-state index is -0.853. The Balaban J connectivity index is 2.42. The molecule has 2 N–H and O–H groups in total. The van der Waals surface area contributed by atoms with E-state index in [2.05, 4.69) is 5.32 Å². The van der Waals surface area contributed by atoms with Gasteiger partial charge in [-0.1, -0.05) is 11.6 Å². The van der Waals surface area contributed by atoms with E-state index in [0.29, 0.717) is 29.1 Å². The van der Waals surface area contributed by atoms with E-state index in [1.165, 1.54) is 13.2 Å². The maximum atomic E-state index is 13.8. The number of hydrogen-bond donors (Lipinski definition) is 2.